The standard InChI is InChI=1S/C30H28ClN3O2/c1-19-7-11-21(12-8-19)24-17-34-26(35)18-33(16-15-20-9-13-22(31)14-10-20)29(36)30(34,2)28-27(24)23-5-3-4-6-25(23)32-28/h3-14,24,32H,15-18H2,1-2H3/t24?,30-/m0/s1. The number of aryl methyl sites for hydroxylation is 1. The van der Waals surface area contributed by atoms with Crippen LogP contribution in [0.25, 0.3) is 10.9 Å². The third-order valence-electron chi connectivity index (χ3n) is 7.88. The Labute approximate surface area is 215 Å². The lowest BCUT2D eigenvalue weighted by Gasteiger charge is -2.51. The smallest absolute Gasteiger partial charge is 0.254 e. The first kappa shape index (κ1) is 22.9. The summed E-state index contributed by atoms with van der Waals surface area (Å²) < 4.78 is 0. The van der Waals surface area contributed by atoms with E-state index in [2.05, 4.69) is 42.2 Å². The number of carbonyl (C=O) groups excluding carboxylic acids is 2. The summed E-state index contributed by atoms with van der Waals surface area (Å²) in [6.45, 7) is 5.03. The summed E-state index contributed by atoms with van der Waals surface area (Å²) in [6, 6.07) is 24.3. The maximum atomic E-state index is 14.1. The van der Waals surface area contributed by atoms with Gasteiger partial charge in [-0.2, -0.15) is 0 Å². The lowest BCUT2D eigenvalue weighted by Crippen LogP contribution is -2.67. The van der Waals surface area contributed by atoms with Crippen LogP contribution in [0.15, 0.2) is 72.8 Å². The van der Waals surface area contributed by atoms with Gasteiger partial charge in [0.15, 0.2) is 5.54 Å². The number of benzene rings is 3. The number of aromatic nitrogens is 1. The second kappa shape index (κ2) is 8.52. The Kier molecular flexibility index (Phi) is 5.41. The van der Waals surface area contributed by atoms with Crippen LogP contribution in [0.5, 0.6) is 0 Å². The fraction of sp³-hybridized carbons (Fsp3) is 0.267. The Balaban J connectivity index is 1.43. The molecule has 2 atom stereocenters. The van der Waals surface area contributed by atoms with Gasteiger partial charge in [-0.05, 0) is 55.2 Å². The van der Waals surface area contributed by atoms with Crippen molar-refractivity contribution in [3.8, 4) is 0 Å². The van der Waals surface area contributed by atoms with Crippen molar-refractivity contribution in [2.75, 3.05) is 19.6 Å². The summed E-state index contributed by atoms with van der Waals surface area (Å²) in [5.74, 6) is -0.0666. The summed E-state index contributed by atoms with van der Waals surface area (Å²) in [4.78, 5) is 34.8. The number of piperazine rings is 1. The van der Waals surface area contributed by atoms with Crippen LogP contribution in [0.4, 0.5) is 0 Å². The number of carbonyl (C=O) groups is 2. The Hall–Kier alpha value is -3.57. The van der Waals surface area contributed by atoms with Crippen molar-refractivity contribution >= 4 is 34.3 Å². The number of H-pyrrole nitrogens is 1. The minimum atomic E-state index is -1.08. The predicted octanol–water partition coefficient (Wildman–Crippen LogP) is 5.40. The molecule has 2 aliphatic rings. The number of fused-ring (bicyclic) bond motifs is 5. The van der Waals surface area contributed by atoms with Gasteiger partial charge in [0.25, 0.3) is 5.91 Å². The highest BCUT2D eigenvalue weighted by molar-refractivity contribution is 6.30. The first-order valence-electron chi connectivity index (χ1n) is 12.4. The molecule has 36 heavy (non-hydrogen) atoms. The number of para-hydroxylation sites is 1. The number of nitrogens with one attached hydrogen (secondary N) is 1. The van der Waals surface area contributed by atoms with E-state index in [1.165, 1.54) is 5.56 Å². The highest BCUT2D eigenvalue weighted by Gasteiger charge is 2.56. The van der Waals surface area contributed by atoms with E-state index in [1.807, 2.05) is 49.4 Å². The van der Waals surface area contributed by atoms with Crippen molar-refractivity contribution in [2.24, 2.45) is 0 Å². The predicted molar refractivity (Wildman–Crippen MR) is 142 cm³/mol. The summed E-state index contributed by atoms with van der Waals surface area (Å²) >= 11 is 6.02. The third kappa shape index (κ3) is 3.53. The molecular weight excluding hydrogens is 470 g/mol. The minimum absolute atomic E-state index is 0.0119. The molecule has 6 heteroatoms. The highest BCUT2D eigenvalue weighted by Crippen LogP contribution is 2.48. The molecule has 0 spiro atoms. The number of amides is 2. The average molecular weight is 498 g/mol. The van der Waals surface area contributed by atoms with Gasteiger partial charge in [0.2, 0.25) is 5.91 Å². The van der Waals surface area contributed by atoms with Gasteiger partial charge in [-0.25, -0.2) is 0 Å². The van der Waals surface area contributed by atoms with Gasteiger partial charge in [-0.3, -0.25) is 9.59 Å². The van der Waals surface area contributed by atoms with E-state index >= 15 is 0 Å². The summed E-state index contributed by atoms with van der Waals surface area (Å²) in [7, 11) is 0. The fourth-order valence-corrected chi connectivity index (χ4v) is 6.00. The summed E-state index contributed by atoms with van der Waals surface area (Å²) in [6.07, 6.45) is 0.665. The largest absolute Gasteiger partial charge is 0.356 e. The summed E-state index contributed by atoms with van der Waals surface area (Å²) in [5.41, 5.74) is 5.29. The second-order valence-corrected chi connectivity index (χ2v) is 10.5. The third-order valence-corrected chi connectivity index (χ3v) is 8.13. The lowest BCUT2D eigenvalue weighted by atomic mass is 9.76. The maximum Gasteiger partial charge on any atom is 0.254 e. The monoisotopic (exact) mass is 497 g/mol. The van der Waals surface area contributed by atoms with Crippen LogP contribution >= 0.6 is 11.6 Å². The van der Waals surface area contributed by atoms with E-state index < -0.39 is 5.54 Å². The average Bonchev–Trinajstić information content (AvgIpc) is 3.28. The second-order valence-electron chi connectivity index (χ2n) is 10.1. The number of halogens is 1. The molecule has 1 aromatic heterocycles. The topological polar surface area (TPSA) is 56.4 Å². The first-order valence-corrected chi connectivity index (χ1v) is 12.8. The molecule has 0 bridgehead atoms. The summed E-state index contributed by atoms with van der Waals surface area (Å²) in [5, 5.41) is 1.79. The molecule has 1 saturated heterocycles. The van der Waals surface area contributed by atoms with Crippen LogP contribution < -0.4 is 0 Å². The Bertz CT molecular complexity index is 1470. The van der Waals surface area contributed by atoms with Crippen molar-refractivity contribution in [1.29, 1.82) is 0 Å². The van der Waals surface area contributed by atoms with Gasteiger partial charge in [0.1, 0.15) is 0 Å². The molecule has 3 heterocycles. The molecular formula is C30H28ClN3O2. The van der Waals surface area contributed by atoms with Crippen LogP contribution in [-0.2, 0) is 21.5 Å². The normalized spacial score (nSPS) is 21.6. The van der Waals surface area contributed by atoms with Crippen LogP contribution in [0.2, 0.25) is 5.02 Å². The van der Waals surface area contributed by atoms with Gasteiger partial charge < -0.3 is 14.8 Å². The molecule has 0 radical (unpaired) electrons. The zero-order valence-electron chi connectivity index (χ0n) is 20.4. The molecule has 0 aliphatic carbocycles. The molecule has 2 amide bonds. The zero-order chi connectivity index (χ0) is 25.0. The molecule has 1 N–H and O–H groups in total. The number of hydrogen-bond acceptors (Lipinski definition) is 2. The zero-order valence-corrected chi connectivity index (χ0v) is 21.2. The molecule has 6 rings (SSSR count). The molecule has 1 fully saturated rings. The van der Waals surface area contributed by atoms with Gasteiger partial charge in [0.05, 0.1) is 12.2 Å². The number of aromatic amines is 1. The van der Waals surface area contributed by atoms with Crippen LogP contribution in [0.3, 0.4) is 0 Å². The molecule has 4 aromatic rings. The quantitative estimate of drug-likeness (QED) is 0.410. The van der Waals surface area contributed by atoms with Crippen molar-refractivity contribution in [3.05, 3.63) is 106 Å². The molecule has 5 nitrogen and oxygen atoms in total. The number of hydrogen-bond donors (Lipinski definition) is 1. The van der Waals surface area contributed by atoms with Crippen molar-refractivity contribution in [3.63, 3.8) is 0 Å². The van der Waals surface area contributed by atoms with Crippen LogP contribution in [0.1, 0.15) is 40.8 Å². The maximum absolute atomic E-state index is 14.1. The Morgan fingerprint density at radius 2 is 1.72 bits per heavy atom. The van der Waals surface area contributed by atoms with Crippen molar-refractivity contribution in [2.45, 2.75) is 31.7 Å². The molecule has 3 aromatic carbocycles. The molecule has 0 saturated carbocycles. The minimum Gasteiger partial charge on any atom is -0.356 e. The lowest BCUT2D eigenvalue weighted by molar-refractivity contribution is -0.166. The Morgan fingerprint density at radius 1 is 1.00 bits per heavy atom. The molecule has 182 valence electrons. The van der Waals surface area contributed by atoms with Gasteiger partial charge >= 0.3 is 0 Å². The van der Waals surface area contributed by atoms with Gasteiger partial charge in [-0.15, -0.1) is 0 Å². The molecule has 1 unspecified atom stereocenters. The van der Waals surface area contributed by atoms with E-state index in [-0.39, 0.29) is 24.3 Å². The number of nitrogens with zero attached hydrogens (tertiary/aromatic N) is 2. The van der Waals surface area contributed by atoms with Crippen LogP contribution in [0, 0.1) is 6.92 Å². The van der Waals surface area contributed by atoms with Crippen molar-refractivity contribution < 1.29 is 9.59 Å². The van der Waals surface area contributed by atoms with Gasteiger partial charge in [0, 0.05) is 34.9 Å². The van der Waals surface area contributed by atoms with Crippen LogP contribution in [-0.4, -0.2) is 46.2 Å². The van der Waals surface area contributed by atoms with E-state index in [1.54, 1.807) is 9.80 Å². The van der Waals surface area contributed by atoms with Gasteiger partial charge in [-0.1, -0.05) is 71.8 Å². The van der Waals surface area contributed by atoms with Crippen molar-refractivity contribution in [1.82, 2.24) is 14.8 Å². The van der Waals surface area contributed by atoms with E-state index in [4.69, 9.17) is 11.6 Å². The SMILES string of the molecule is Cc1ccc(C2CN3C(=O)CN(CCc4ccc(Cl)cc4)C(=O)[C@]3(C)c3[nH]c4ccccc4c32)cc1. The highest BCUT2D eigenvalue weighted by atomic mass is 35.5. The van der Waals surface area contributed by atoms with E-state index in [9.17, 15) is 9.59 Å². The fourth-order valence-electron chi connectivity index (χ4n) is 5.87. The first-order chi connectivity index (χ1) is 17.4. The van der Waals surface area contributed by atoms with E-state index in [0.29, 0.717) is 24.5 Å². The Morgan fingerprint density at radius 3 is 2.47 bits per heavy atom. The molecule has 2 aliphatic heterocycles. The number of rotatable bonds is 4. The van der Waals surface area contributed by atoms with E-state index in [0.717, 1.165) is 33.3 Å².